The highest BCUT2D eigenvalue weighted by atomic mass is 32.3. The van der Waals surface area contributed by atoms with E-state index in [9.17, 15) is 24.0 Å². The third-order valence-electron chi connectivity index (χ3n) is 8.24. The predicted octanol–water partition coefficient (Wildman–Crippen LogP) is 2.91. The minimum absolute atomic E-state index is 0.0175. The molecule has 0 radical (unpaired) electrons. The maximum absolute atomic E-state index is 14.0. The summed E-state index contributed by atoms with van der Waals surface area (Å²) in [6.45, 7) is 0.245. The summed E-state index contributed by atoms with van der Waals surface area (Å²) < 4.78 is 42.5. The van der Waals surface area contributed by atoms with E-state index < -0.39 is 46.6 Å². The average molecular weight is 783 g/mol. The highest BCUT2D eigenvalue weighted by molar-refractivity contribution is 7.79. The number of aliphatic imine (C=N–C) groups is 1. The summed E-state index contributed by atoms with van der Waals surface area (Å²) in [6.07, 6.45) is 0.325. The van der Waals surface area contributed by atoms with Crippen molar-refractivity contribution in [1.29, 1.82) is 0 Å². The monoisotopic (exact) mass is 782 g/mol. The Morgan fingerprint density at radius 3 is 1.98 bits per heavy atom. The van der Waals surface area contributed by atoms with Gasteiger partial charge < -0.3 is 25.3 Å². The van der Waals surface area contributed by atoms with Crippen molar-refractivity contribution in [2.75, 3.05) is 20.1 Å². The Morgan fingerprint density at radius 2 is 1.45 bits per heavy atom. The minimum Gasteiger partial charge on any atom is -0.445 e. The van der Waals surface area contributed by atoms with Gasteiger partial charge in [0.25, 0.3) is 5.91 Å². The van der Waals surface area contributed by atoms with Crippen LogP contribution in [0.4, 0.5) is 9.59 Å². The second kappa shape index (κ2) is 22.5. The molecule has 1 aliphatic rings. The second-order valence-electron chi connectivity index (χ2n) is 12.2. The molecule has 3 aromatic rings. The molecule has 0 saturated carbocycles. The molecule has 4 rings (SSSR count). The normalized spacial score (nSPS) is 15.1. The van der Waals surface area contributed by atoms with Gasteiger partial charge in [-0.25, -0.2) is 14.5 Å². The first-order chi connectivity index (χ1) is 26.3. The van der Waals surface area contributed by atoms with Gasteiger partial charge in [-0.3, -0.25) is 33.9 Å². The van der Waals surface area contributed by atoms with E-state index in [1.165, 1.54) is 4.90 Å². The highest BCUT2D eigenvalue weighted by Gasteiger charge is 2.42. The van der Waals surface area contributed by atoms with Gasteiger partial charge in [0.15, 0.2) is 5.96 Å². The molecule has 55 heavy (non-hydrogen) atoms. The maximum Gasteiger partial charge on any atom is 0.417 e. The number of nitrogens with zero attached hydrogens (tertiary/aromatic N) is 3. The number of aldehydes is 1. The summed E-state index contributed by atoms with van der Waals surface area (Å²) in [6, 6.07) is 24.8. The summed E-state index contributed by atoms with van der Waals surface area (Å²) in [5.74, 6) is -1.19. The lowest BCUT2D eigenvalue weighted by molar-refractivity contribution is -0.138. The Kier molecular flexibility index (Phi) is 17.9. The van der Waals surface area contributed by atoms with Crippen LogP contribution < -0.4 is 16.4 Å². The van der Waals surface area contributed by atoms with Gasteiger partial charge in [-0.2, -0.15) is 8.42 Å². The first-order valence-corrected chi connectivity index (χ1v) is 18.7. The standard InChI is InChI=1S/C37H44N6O7.H2O4S/c1-39-31(23-27-13-5-2-6-14-27)33(45)41-35(38)40-21-11-19-30(24-44)43(37(48)50-26-29-17-9-4-10-18-29)34(46)32-20-12-22-42(32)36(47)49-25-28-15-7-3-8-16-28;1-5(2,3)4/h2-10,13-18,24,30-32,39H,11-12,19-23,25-26H2,1H3,(H3,38,40,41,45);(H2,1,2,3,4)/t30-,31+,32-;/m0./s1. The van der Waals surface area contributed by atoms with Crippen LogP contribution in [-0.4, -0.2) is 102 Å². The largest absolute Gasteiger partial charge is 0.445 e. The smallest absolute Gasteiger partial charge is 0.417 e. The van der Waals surface area contributed by atoms with Crippen molar-refractivity contribution < 1.29 is 51.0 Å². The van der Waals surface area contributed by atoms with Crippen LogP contribution in [0.5, 0.6) is 0 Å². The Bertz CT molecular complexity index is 1830. The fourth-order valence-corrected chi connectivity index (χ4v) is 5.57. The number of carbonyl (C=O) groups is 5. The molecule has 0 spiro atoms. The maximum atomic E-state index is 14.0. The average Bonchev–Trinajstić information content (AvgIpc) is 3.67. The number of nitrogens with one attached hydrogen (secondary N) is 2. The van der Waals surface area contributed by atoms with E-state index in [2.05, 4.69) is 15.6 Å². The fraction of sp³-hybridized carbons (Fsp3) is 0.351. The van der Waals surface area contributed by atoms with Crippen molar-refractivity contribution in [2.45, 2.75) is 63.4 Å². The van der Waals surface area contributed by atoms with Gasteiger partial charge in [0, 0.05) is 13.1 Å². The van der Waals surface area contributed by atoms with Crippen molar-refractivity contribution in [3.8, 4) is 0 Å². The lowest BCUT2D eigenvalue weighted by Crippen LogP contribution is -2.54. The van der Waals surface area contributed by atoms with Crippen molar-refractivity contribution in [2.24, 2.45) is 10.7 Å². The van der Waals surface area contributed by atoms with E-state index >= 15 is 0 Å². The topological polar surface area (TPSA) is 247 Å². The molecule has 3 aromatic carbocycles. The molecule has 17 nitrogen and oxygen atoms in total. The number of rotatable bonds is 15. The van der Waals surface area contributed by atoms with Gasteiger partial charge in [-0.05, 0) is 55.8 Å². The zero-order valence-electron chi connectivity index (χ0n) is 30.2. The number of hydrogen-bond acceptors (Lipinski definition) is 11. The molecule has 4 amide bonds. The summed E-state index contributed by atoms with van der Waals surface area (Å²) in [5.41, 5.74) is 8.44. The van der Waals surface area contributed by atoms with E-state index in [4.69, 9.17) is 32.7 Å². The molecule has 1 fully saturated rings. The van der Waals surface area contributed by atoms with E-state index in [1.807, 2.05) is 66.7 Å². The van der Waals surface area contributed by atoms with E-state index in [1.54, 1.807) is 31.3 Å². The lowest BCUT2D eigenvalue weighted by atomic mass is 10.1. The van der Waals surface area contributed by atoms with Crippen LogP contribution >= 0.6 is 0 Å². The molecular formula is C37H46N6O11S. The molecule has 18 heteroatoms. The van der Waals surface area contributed by atoms with Gasteiger partial charge in [0.1, 0.15) is 25.5 Å². The number of carbonyl (C=O) groups excluding carboxylic acids is 5. The van der Waals surface area contributed by atoms with E-state index in [0.29, 0.717) is 24.7 Å². The molecule has 0 aromatic heterocycles. The summed E-state index contributed by atoms with van der Waals surface area (Å²) in [4.78, 5) is 72.0. The number of ether oxygens (including phenoxy) is 2. The molecule has 296 valence electrons. The summed E-state index contributed by atoms with van der Waals surface area (Å²) in [7, 11) is -2.99. The predicted molar refractivity (Wildman–Crippen MR) is 201 cm³/mol. The number of likely N-dealkylation sites (tertiary alicyclic amines) is 1. The third-order valence-corrected chi connectivity index (χ3v) is 8.24. The van der Waals surface area contributed by atoms with Gasteiger partial charge >= 0.3 is 22.6 Å². The Balaban J connectivity index is 0.00000152. The van der Waals surface area contributed by atoms with Crippen molar-refractivity contribution in [3.05, 3.63) is 108 Å². The number of nitrogens with two attached hydrogens (primary N) is 1. The molecular weight excluding hydrogens is 737 g/mol. The van der Waals surface area contributed by atoms with Gasteiger partial charge in [0.2, 0.25) is 5.91 Å². The van der Waals surface area contributed by atoms with E-state index in [0.717, 1.165) is 16.0 Å². The van der Waals surface area contributed by atoms with Gasteiger partial charge in [0.05, 0.1) is 12.1 Å². The highest BCUT2D eigenvalue weighted by Crippen LogP contribution is 2.23. The molecule has 6 N–H and O–H groups in total. The van der Waals surface area contributed by atoms with Crippen molar-refractivity contribution in [1.82, 2.24) is 20.4 Å². The van der Waals surface area contributed by atoms with Crippen LogP contribution in [0.25, 0.3) is 0 Å². The van der Waals surface area contributed by atoms with Crippen LogP contribution in [0, 0.1) is 0 Å². The van der Waals surface area contributed by atoms with Gasteiger partial charge in [-0.15, -0.1) is 0 Å². The quantitative estimate of drug-likeness (QED) is 0.0490. The molecule has 0 bridgehead atoms. The van der Waals surface area contributed by atoms with Crippen LogP contribution in [0.2, 0.25) is 0 Å². The second-order valence-corrected chi connectivity index (χ2v) is 13.1. The first-order valence-electron chi connectivity index (χ1n) is 17.3. The molecule has 1 aliphatic heterocycles. The molecule has 3 atom stereocenters. The minimum atomic E-state index is -4.67. The summed E-state index contributed by atoms with van der Waals surface area (Å²) >= 11 is 0. The zero-order chi connectivity index (χ0) is 40.2. The van der Waals surface area contributed by atoms with Crippen LogP contribution in [0.1, 0.15) is 42.4 Å². The Hall–Kier alpha value is -5.69. The Morgan fingerprint density at radius 1 is 0.927 bits per heavy atom. The number of benzene rings is 3. The van der Waals surface area contributed by atoms with Crippen molar-refractivity contribution in [3.63, 3.8) is 0 Å². The number of imide groups is 1. The van der Waals surface area contributed by atoms with Crippen LogP contribution in [0.3, 0.4) is 0 Å². The third kappa shape index (κ3) is 15.7. The number of guanidine groups is 1. The van der Waals surface area contributed by atoms with Gasteiger partial charge in [-0.1, -0.05) is 91.0 Å². The van der Waals surface area contributed by atoms with Crippen molar-refractivity contribution >= 4 is 46.6 Å². The Labute approximate surface area is 319 Å². The first kappa shape index (κ1) is 43.7. The molecule has 1 heterocycles. The zero-order valence-corrected chi connectivity index (χ0v) is 31.0. The number of hydrogen-bond donors (Lipinski definition) is 5. The molecule has 0 aliphatic carbocycles. The number of amides is 4. The fourth-order valence-electron chi connectivity index (χ4n) is 5.57. The lowest BCUT2D eigenvalue weighted by Gasteiger charge is -2.31. The van der Waals surface area contributed by atoms with E-state index in [-0.39, 0.29) is 57.4 Å². The SMILES string of the molecule is CN[C@H](Cc1ccccc1)C(=O)NC(N)=NCCC[C@@H](C=O)N(C(=O)OCc1ccccc1)C(=O)[C@@H]1CCCN1C(=O)OCc1ccccc1.O=S(=O)(O)O. The van der Waals surface area contributed by atoms with Crippen LogP contribution in [0.15, 0.2) is 96.0 Å². The number of likely N-dealkylation sites (N-methyl/N-ethyl adjacent to an activating group) is 1. The molecule has 0 unspecified atom stereocenters. The molecule has 1 saturated heterocycles. The van der Waals surface area contributed by atoms with Crippen LogP contribution in [-0.2, 0) is 53.9 Å². The summed E-state index contributed by atoms with van der Waals surface area (Å²) in [5, 5.41) is 5.56.